The molecule has 0 bridgehead atoms. The lowest BCUT2D eigenvalue weighted by Gasteiger charge is -2.16. The molecular weight excluding hydrogens is 426 g/mol. The molecule has 0 amide bonds. The van der Waals surface area contributed by atoms with E-state index in [0.29, 0.717) is 11.5 Å². The molecule has 3 aromatic rings. The van der Waals surface area contributed by atoms with E-state index < -0.39 is 38.7 Å². The highest BCUT2D eigenvalue weighted by Gasteiger charge is 2.31. The van der Waals surface area contributed by atoms with Gasteiger partial charge in [0.2, 0.25) is 15.8 Å². The topological polar surface area (TPSA) is 143 Å². The van der Waals surface area contributed by atoms with Crippen molar-refractivity contribution in [2.45, 2.75) is 24.3 Å². The van der Waals surface area contributed by atoms with E-state index in [1.165, 1.54) is 18.2 Å². The molecule has 0 radical (unpaired) electrons. The standard InChI is InChI=1S/C21H19NO8S/c1-2-16-18(12-17(30-16)20(23)24)31(27,28)22-19(21(25)26)13-7-6-10-15(11-13)29-14-8-4-3-5-9-14/h3-12,19,22H,2H2,1H3,(H,23,24)(H,25,26). The van der Waals surface area contributed by atoms with Crippen LogP contribution in [0.15, 0.2) is 70.0 Å². The van der Waals surface area contributed by atoms with Crippen molar-refractivity contribution in [1.82, 2.24) is 4.72 Å². The van der Waals surface area contributed by atoms with E-state index in [1.807, 2.05) is 6.07 Å². The number of rotatable bonds is 9. The van der Waals surface area contributed by atoms with Gasteiger partial charge in [-0.25, -0.2) is 13.2 Å². The van der Waals surface area contributed by atoms with Crippen LogP contribution in [0.1, 0.15) is 34.8 Å². The van der Waals surface area contributed by atoms with Crippen LogP contribution in [0.2, 0.25) is 0 Å². The van der Waals surface area contributed by atoms with Gasteiger partial charge >= 0.3 is 11.9 Å². The first-order chi connectivity index (χ1) is 14.7. The number of sulfonamides is 1. The summed E-state index contributed by atoms with van der Waals surface area (Å²) in [6.07, 6.45) is 0.0989. The van der Waals surface area contributed by atoms with Crippen LogP contribution in [0.25, 0.3) is 0 Å². The minimum atomic E-state index is -4.41. The molecule has 1 unspecified atom stereocenters. The number of benzene rings is 2. The molecule has 0 saturated heterocycles. The molecule has 9 nitrogen and oxygen atoms in total. The molecule has 3 N–H and O–H groups in total. The quantitative estimate of drug-likeness (QED) is 0.454. The molecule has 0 aliphatic carbocycles. The first kappa shape index (κ1) is 22.1. The Balaban J connectivity index is 1.92. The molecule has 162 valence electrons. The summed E-state index contributed by atoms with van der Waals surface area (Å²) < 4.78 is 38.6. The van der Waals surface area contributed by atoms with Gasteiger partial charge in [-0.3, -0.25) is 4.79 Å². The molecule has 0 spiro atoms. The van der Waals surface area contributed by atoms with Crippen molar-refractivity contribution < 1.29 is 37.4 Å². The number of hydrogen-bond donors (Lipinski definition) is 3. The molecule has 0 aliphatic rings. The molecule has 1 aromatic heterocycles. The van der Waals surface area contributed by atoms with E-state index in [-0.39, 0.29) is 17.7 Å². The van der Waals surface area contributed by atoms with Crippen molar-refractivity contribution in [3.05, 3.63) is 77.7 Å². The summed E-state index contributed by atoms with van der Waals surface area (Å²) in [6.45, 7) is 1.59. The van der Waals surface area contributed by atoms with E-state index >= 15 is 0 Å². The maximum atomic E-state index is 12.9. The fraction of sp³-hybridized carbons (Fsp3) is 0.143. The third-order valence-electron chi connectivity index (χ3n) is 4.28. The fourth-order valence-corrected chi connectivity index (χ4v) is 4.28. The first-order valence-corrected chi connectivity index (χ1v) is 10.6. The Hall–Kier alpha value is -3.63. The number of para-hydroxylation sites is 1. The van der Waals surface area contributed by atoms with Gasteiger partial charge in [0.25, 0.3) is 0 Å². The number of hydrogen-bond acceptors (Lipinski definition) is 6. The Morgan fingerprint density at radius 1 is 1.03 bits per heavy atom. The van der Waals surface area contributed by atoms with E-state index in [1.54, 1.807) is 37.3 Å². The summed E-state index contributed by atoms with van der Waals surface area (Å²) in [7, 11) is -4.41. The number of aryl methyl sites for hydroxylation is 1. The van der Waals surface area contributed by atoms with Crippen molar-refractivity contribution in [2.75, 3.05) is 0 Å². The van der Waals surface area contributed by atoms with E-state index in [4.69, 9.17) is 14.3 Å². The second kappa shape index (κ2) is 9.02. The molecular formula is C21H19NO8S. The summed E-state index contributed by atoms with van der Waals surface area (Å²) in [5.74, 6) is -2.67. The van der Waals surface area contributed by atoms with Gasteiger partial charge in [0.15, 0.2) is 0 Å². The Morgan fingerprint density at radius 3 is 2.32 bits per heavy atom. The van der Waals surface area contributed by atoms with Crippen molar-refractivity contribution >= 4 is 22.0 Å². The van der Waals surface area contributed by atoms with Crippen LogP contribution in [-0.2, 0) is 21.2 Å². The average Bonchev–Trinajstić information content (AvgIpc) is 3.19. The summed E-state index contributed by atoms with van der Waals surface area (Å²) in [5, 5.41) is 18.7. The Bertz CT molecular complexity index is 1200. The Kier molecular flexibility index (Phi) is 6.42. The van der Waals surface area contributed by atoms with Crippen LogP contribution in [0.4, 0.5) is 0 Å². The van der Waals surface area contributed by atoms with E-state index in [0.717, 1.165) is 6.07 Å². The fourth-order valence-electron chi connectivity index (χ4n) is 2.85. The Labute approximate surface area is 178 Å². The summed E-state index contributed by atoms with van der Waals surface area (Å²) in [5.41, 5.74) is 0.129. The lowest BCUT2D eigenvalue weighted by molar-refractivity contribution is -0.139. The van der Waals surface area contributed by atoms with Crippen LogP contribution in [-0.4, -0.2) is 30.6 Å². The maximum Gasteiger partial charge on any atom is 0.371 e. The van der Waals surface area contributed by atoms with Crippen LogP contribution < -0.4 is 9.46 Å². The van der Waals surface area contributed by atoms with Gasteiger partial charge < -0.3 is 19.4 Å². The third kappa shape index (κ3) is 5.11. The molecule has 31 heavy (non-hydrogen) atoms. The zero-order valence-corrected chi connectivity index (χ0v) is 17.1. The number of furan rings is 1. The van der Waals surface area contributed by atoms with Gasteiger partial charge in [0.05, 0.1) is 0 Å². The number of aliphatic carboxylic acids is 1. The molecule has 1 atom stereocenters. The molecule has 2 aromatic carbocycles. The van der Waals surface area contributed by atoms with Crippen LogP contribution in [0.5, 0.6) is 11.5 Å². The van der Waals surface area contributed by atoms with Gasteiger partial charge in [-0.1, -0.05) is 37.3 Å². The van der Waals surface area contributed by atoms with Crippen molar-refractivity contribution in [3.63, 3.8) is 0 Å². The number of carbonyl (C=O) groups is 2. The van der Waals surface area contributed by atoms with E-state index in [9.17, 15) is 23.1 Å². The number of nitrogens with one attached hydrogen (secondary N) is 1. The lowest BCUT2D eigenvalue weighted by Crippen LogP contribution is -2.34. The number of carboxylic acid groups (broad SMARTS) is 2. The minimum absolute atomic E-state index is 0.0878. The largest absolute Gasteiger partial charge is 0.480 e. The zero-order chi connectivity index (χ0) is 22.6. The summed E-state index contributed by atoms with van der Waals surface area (Å²) in [6, 6.07) is 14.0. The number of carboxylic acids is 2. The number of ether oxygens (including phenoxy) is 1. The van der Waals surface area contributed by atoms with E-state index in [2.05, 4.69) is 4.72 Å². The van der Waals surface area contributed by atoms with Gasteiger partial charge in [0.1, 0.15) is 28.2 Å². The molecule has 0 aliphatic heterocycles. The molecule has 10 heteroatoms. The van der Waals surface area contributed by atoms with Gasteiger partial charge in [0, 0.05) is 12.5 Å². The second-order valence-corrected chi connectivity index (χ2v) is 8.12. The number of aromatic carboxylic acids is 1. The molecule has 3 rings (SSSR count). The maximum absolute atomic E-state index is 12.9. The second-order valence-electron chi connectivity index (χ2n) is 6.44. The van der Waals surface area contributed by atoms with Crippen molar-refractivity contribution in [1.29, 1.82) is 0 Å². The Morgan fingerprint density at radius 2 is 1.71 bits per heavy atom. The highest BCUT2D eigenvalue weighted by Crippen LogP contribution is 2.27. The van der Waals surface area contributed by atoms with Crippen LogP contribution in [0, 0.1) is 0 Å². The molecule has 0 saturated carbocycles. The van der Waals surface area contributed by atoms with Crippen molar-refractivity contribution in [2.24, 2.45) is 0 Å². The lowest BCUT2D eigenvalue weighted by atomic mass is 10.1. The highest BCUT2D eigenvalue weighted by molar-refractivity contribution is 7.89. The van der Waals surface area contributed by atoms with Gasteiger partial charge in [-0.15, -0.1) is 0 Å². The summed E-state index contributed by atoms with van der Waals surface area (Å²) >= 11 is 0. The summed E-state index contributed by atoms with van der Waals surface area (Å²) in [4.78, 5) is 22.6. The molecule has 1 heterocycles. The first-order valence-electron chi connectivity index (χ1n) is 9.15. The van der Waals surface area contributed by atoms with Gasteiger partial charge in [-0.05, 0) is 29.8 Å². The third-order valence-corrected chi connectivity index (χ3v) is 5.75. The average molecular weight is 445 g/mol. The van der Waals surface area contributed by atoms with Gasteiger partial charge in [-0.2, -0.15) is 4.72 Å². The predicted molar refractivity (Wildman–Crippen MR) is 109 cm³/mol. The smallest absolute Gasteiger partial charge is 0.371 e. The SMILES string of the molecule is CCc1oc(C(=O)O)cc1S(=O)(=O)NC(C(=O)O)c1cccc(Oc2ccccc2)c1. The van der Waals surface area contributed by atoms with Crippen molar-refractivity contribution in [3.8, 4) is 11.5 Å². The normalized spacial score (nSPS) is 12.3. The minimum Gasteiger partial charge on any atom is -0.480 e. The van der Waals surface area contributed by atoms with Crippen LogP contribution >= 0.6 is 0 Å². The highest BCUT2D eigenvalue weighted by atomic mass is 32.2. The van der Waals surface area contributed by atoms with Crippen LogP contribution in [0.3, 0.4) is 0 Å². The molecule has 0 fully saturated rings. The predicted octanol–water partition coefficient (Wildman–Crippen LogP) is 3.44. The zero-order valence-electron chi connectivity index (χ0n) is 16.3. The monoisotopic (exact) mass is 445 g/mol.